The highest BCUT2D eigenvalue weighted by atomic mass is 16.3. The molecular formula is C9H16N4O. The molecule has 1 unspecified atom stereocenters. The summed E-state index contributed by atoms with van der Waals surface area (Å²) in [6.07, 6.45) is 2.49. The Balaban J connectivity index is 2.79. The molecule has 5 nitrogen and oxygen atoms in total. The van der Waals surface area contributed by atoms with Gasteiger partial charge in [-0.25, -0.2) is 4.98 Å². The van der Waals surface area contributed by atoms with Gasteiger partial charge < -0.3 is 16.2 Å². The number of hydrogen-bond acceptors (Lipinski definition) is 5. The third-order valence-electron chi connectivity index (χ3n) is 2.04. The molecule has 0 aromatic carbocycles. The molecular weight excluding hydrogens is 180 g/mol. The number of nitrogens with one attached hydrogen (secondary N) is 1. The Kier molecular flexibility index (Phi) is 3.64. The van der Waals surface area contributed by atoms with Crippen LogP contribution in [0.15, 0.2) is 6.20 Å². The Morgan fingerprint density at radius 3 is 2.93 bits per heavy atom. The lowest BCUT2D eigenvalue weighted by molar-refractivity contribution is 0.271. The first-order valence-corrected chi connectivity index (χ1v) is 4.63. The van der Waals surface area contributed by atoms with Crippen molar-refractivity contribution in [3.63, 3.8) is 0 Å². The fraction of sp³-hybridized carbons (Fsp3) is 0.556. The van der Waals surface area contributed by atoms with Gasteiger partial charge in [0.2, 0.25) is 5.95 Å². The van der Waals surface area contributed by atoms with E-state index in [0.717, 1.165) is 12.0 Å². The summed E-state index contributed by atoms with van der Waals surface area (Å²) >= 11 is 0. The van der Waals surface area contributed by atoms with Crippen molar-refractivity contribution in [2.75, 3.05) is 17.7 Å². The zero-order valence-electron chi connectivity index (χ0n) is 8.49. The third-order valence-corrected chi connectivity index (χ3v) is 2.04. The number of aliphatic hydroxyl groups excluding tert-OH is 1. The molecule has 1 atom stereocenters. The van der Waals surface area contributed by atoms with Gasteiger partial charge in [0, 0.05) is 11.8 Å². The minimum absolute atomic E-state index is 0.0167. The lowest BCUT2D eigenvalue weighted by atomic mass is 10.2. The average Bonchev–Trinajstić information content (AvgIpc) is 2.19. The fourth-order valence-electron chi connectivity index (χ4n) is 1.07. The van der Waals surface area contributed by atoms with E-state index < -0.39 is 0 Å². The highest BCUT2D eigenvalue weighted by Gasteiger charge is 2.07. The van der Waals surface area contributed by atoms with Crippen molar-refractivity contribution in [3.05, 3.63) is 11.8 Å². The van der Waals surface area contributed by atoms with Crippen LogP contribution >= 0.6 is 0 Å². The minimum Gasteiger partial charge on any atom is -0.394 e. The Morgan fingerprint density at radius 1 is 1.64 bits per heavy atom. The molecule has 14 heavy (non-hydrogen) atoms. The second-order valence-electron chi connectivity index (χ2n) is 3.19. The van der Waals surface area contributed by atoms with Crippen LogP contribution in [0.2, 0.25) is 0 Å². The first kappa shape index (κ1) is 10.7. The molecule has 5 heteroatoms. The van der Waals surface area contributed by atoms with Crippen LogP contribution in [-0.4, -0.2) is 27.7 Å². The first-order chi connectivity index (χ1) is 6.67. The van der Waals surface area contributed by atoms with E-state index in [1.165, 1.54) is 0 Å². The largest absolute Gasteiger partial charge is 0.394 e. The number of aliphatic hydroxyl groups is 1. The van der Waals surface area contributed by atoms with Gasteiger partial charge in [0.1, 0.15) is 5.82 Å². The van der Waals surface area contributed by atoms with Gasteiger partial charge in [-0.3, -0.25) is 0 Å². The molecule has 0 amide bonds. The summed E-state index contributed by atoms with van der Waals surface area (Å²) in [4.78, 5) is 7.92. The maximum atomic E-state index is 9.01. The standard InChI is InChI=1S/C9H16N4O/c1-3-7(5-14)12-8-6(2)4-11-9(10)13-8/h4,7,14H,3,5H2,1-2H3,(H3,10,11,12,13). The number of hydrogen-bond donors (Lipinski definition) is 3. The number of nitrogens with two attached hydrogens (primary N) is 1. The smallest absolute Gasteiger partial charge is 0.221 e. The quantitative estimate of drug-likeness (QED) is 0.655. The molecule has 78 valence electrons. The molecule has 1 aromatic heterocycles. The fourth-order valence-corrected chi connectivity index (χ4v) is 1.07. The van der Waals surface area contributed by atoms with Gasteiger partial charge in [-0.1, -0.05) is 6.92 Å². The third kappa shape index (κ3) is 2.56. The van der Waals surface area contributed by atoms with Gasteiger partial charge in [-0.2, -0.15) is 4.98 Å². The van der Waals surface area contributed by atoms with E-state index in [0.29, 0.717) is 5.82 Å². The molecule has 0 bridgehead atoms. The molecule has 0 saturated carbocycles. The summed E-state index contributed by atoms with van der Waals surface area (Å²) in [6.45, 7) is 3.97. The highest BCUT2D eigenvalue weighted by molar-refractivity contribution is 5.45. The van der Waals surface area contributed by atoms with Crippen LogP contribution in [-0.2, 0) is 0 Å². The number of nitrogen functional groups attached to an aromatic ring is 1. The zero-order valence-corrected chi connectivity index (χ0v) is 8.49. The first-order valence-electron chi connectivity index (χ1n) is 4.63. The summed E-state index contributed by atoms with van der Waals surface area (Å²) in [6, 6.07) is 0.0167. The van der Waals surface area contributed by atoms with Crippen molar-refractivity contribution >= 4 is 11.8 Å². The van der Waals surface area contributed by atoms with Gasteiger partial charge >= 0.3 is 0 Å². The van der Waals surface area contributed by atoms with Gasteiger partial charge in [0.25, 0.3) is 0 Å². The summed E-state index contributed by atoms with van der Waals surface area (Å²) in [5, 5.41) is 12.1. The predicted molar refractivity (Wildman–Crippen MR) is 56.0 cm³/mol. The van der Waals surface area contributed by atoms with E-state index in [2.05, 4.69) is 15.3 Å². The average molecular weight is 196 g/mol. The number of aromatic nitrogens is 2. The van der Waals surface area contributed by atoms with Gasteiger partial charge in [0.05, 0.1) is 12.6 Å². The van der Waals surface area contributed by atoms with Crippen molar-refractivity contribution < 1.29 is 5.11 Å². The van der Waals surface area contributed by atoms with Crippen LogP contribution in [0, 0.1) is 6.92 Å². The number of aryl methyl sites for hydroxylation is 1. The number of rotatable bonds is 4. The summed E-state index contributed by atoms with van der Waals surface area (Å²) < 4.78 is 0. The SMILES string of the molecule is CCC(CO)Nc1nc(N)ncc1C. The molecule has 1 rings (SSSR count). The van der Waals surface area contributed by atoms with Crippen molar-refractivity contribution in [1.82, 2.24) is 9.97 Å². The topological polar surface area (TPSA) is 84.1 Å². The molecule has 1 heterocycles. The molecule has 0 aliphatic carbocycles. The van der Waals surface area contributed by atoms with Gasteiger partial charge in [0.15, 0.2) is 0 Å². The monoisotopic (exact) mass is 196 g/mol. The molecule has 0 spiro atoms. The minimum atomic E-state index is 0.0167. The normalized spacial score (nSPS) is 12.5. The lowest BCUT2D eigenvalue weighted by Gasteiger charge is -2.16. The maximum Gasteiger partial charge on any atom is 0.221 e. The molecule has 0 saturated heterocycles. The highest BCUT2D eigenvalue weighted by Crippen LogP contribution is 2.12. The molecule has 1 aromatic rings. The van der Waals surface area contributed by atoms with Gasteiger partial charge in [-0.05, 0) is 13.3 Å². The van der Waals surface area contributed by atoms with Gasteiger partial charge in [-0.15, -0.1) is 0 Å². The van der Waals surface area contributed by atoms with Crippen LogP contribution in [0.25, 0.3) is 0 Å². The Hall–Kier alpha value is -1.36. The van der Waals surface area contributed by atoms with E-state index in [-0.39, 0.29) is 18.6 Å². The van der Waals surface area contributed by atoms with Crippen LogP contribution in [0.4, 0.5) is 11.8 Å². The Labute approximate surface area is 83.4 Å². The van der Waals surface area contributed by atoms with E-state index >= 15 is 0 Å². The Morgan fingerprint density at radius 2 is 2.36 bits per heavy atom. The summed E-state index contributed by atoms with van der Waals surface area (Å²) in [5.74, 6) is 0.935. The molecule has 0 aliphatic heterocycles. The van der Waals surface area contributed by atoms with Crippen molar-refractivity contribution in [3.8, 4) is 0 Å². The summed E-state index contributed by atoms with van der Waals surface area (Å²) in [7, 11) is 0. The molecule has 0 radical (unpaired) electrons. The predicted octanol–water partition coefficient (Wildman–Crippen LogP) is 0.550. The molecule has 4 N–H and O–H groups in total. The van der Waals surface area contributed by atoms with Crippen LogP contribution in [0.5, 0.6) is 0 Å². The van der Waals surface area contributed by atoms with Crippen molar-refractivity contribution in [1.29, 1.82) is 0 Å². The van der Waals surface area contributed by atoms with Crippen LogP contribution in [0.1, 0.15) is 18.9 Å². The zero-order chi connectivity index (χ0) is 10.6. The lowest BCUT2D eigenvalue weighted by Crippen LogP contribution is -2.24. The molecule has 0 aliphatic rings. The van der Waals surface area contributed by atoms with E-state index in [1.54, 1.807) is 6.20 Å². The molecule has 0 fully saturated rings. The Bertz CT molecular complexity index is 299. The number of anilines is 2. The van der Waals surface area contributed by atoms with E-state index in [9.17, 15) is 0 Å². The second kappa shape index (κ2) is 4.76. The van der Waals surface area contributed by atoms with Crippen molar-refractivity contribution in [2.24, 2.45) is 0 Å². The second-order valence-corrected chi connectivity index (χ2v) is 3.19. The van der Waals surface area contributed by atoms with E-state index in [4.69, 9.17) is 10.8 Å². The maximum absolute atomic E-state index is 9.01. The number of nitrogens with zero attached hydrogens (tertiary/aromatic N) is 2. The van der Waals surface area contributed by atoms with Crippen LogP contribution in [0.3, 0.4) is 0 Å². The van der Waals surface area contributed by atoms with Crippen LogP contribution < -0.4 is 11.1 Å². The summed E-state index contributed by atoms with van der Waals surface area (Å²) in [5.41, 5.74) is 6.38. The van der Waals surface area contributed by atoms with Crippen molar-refractivity contribution in [2.45, 2.75) is 26.3 Å². The van der Waals surface area contributed by atoms with E-state index in [1.807, 2.05) is 13.8 Å².